The van der Waals surface area contributed by atoms with Crippen LogP contribution >= 0.6 is 0 Å². The van der Waals surface area contributed by atoms with Gasteiger partial charge in [0, 0.05) is 30.4 Å². The normalized spacial score (nSPS) is 13.8. The Morgan fingerprint density at radius 3 is 2.42 bits per heavy atom. The van der Waals surface area contributed by atoms with Gasteiger partial charge in [0.25, 0.3) is 0 Å². The molecular weight excluding hydrogens is 432 g/mol. The van der Waals surface area contributed by atoms with E-state index in [9.17, 15) is 17.6 Å². The fourth-order valence-corrected chi connectivity index (χ4v) is 3.71. The molecule has 2 atom stereocenters. The van der Waals surface area contributed by atoms with E-state index in [4.69, 9.17) is 5.73 Å². The van der Waals surface area contributed by atoms with Crippen LogP contribution in [0.15, 0.2) is 48.7 Å². The van der Waals surface area contributed by atoms with Crippen molar-refractivity contribution in [3.63, 3.8) is 0 Å². The molecule has 178 valence electrons. The van der Waals surface area contributed by atoms with Crippen molar-refractivity contribution >= 4 is 0 Å². The Labute approximate surface area is 191 Å². The third-order valence-corrected chi connectivity index (χ3v) is 5.46. The molecule has 0 unspecified atom stereocenters. The highest BCUT2D eigenvalue weighted by Gasteiger charge is 2.31. The van der Waals surface area contributed by atoms with E-state index in [1.807, 2.05) is 55.7 Å². The van der Waals surface area contributed by atoms with Crippen molar-refractivity contribution in [3.8, 4) is 11.3 Å². The maximum atomic E-state index is 14.5. The molecule has 1 heterocycles. The summed E-state index contributed by atoms with van der Waals surface area (Å²) in [5, 5.41) is 3.40. The first kappa shape index (κ1) is 24.9. The van der Waals surface area contributed by atoms with Gasteiger partial charge in [-0.1, -0.05) is 51.1 Å². The number of nitrogens with two attached hydrogens (primary N) is 1. The number of nitrogens with zero attached hydrogens (tertiary/aromatic N) is 2. The van der Waals surface area contributed by atoms with Gasteiger partial charge in [-0.3, -0.25) is 0 Å². The zero-order valence-electron chi connectivity index (χ0n) is 19.1. The minimum Gasteiger partial charge on any atom is -0.329 e. The number of alkyl halides is 1. The summed E-state index contributed by atoms with van der Waals surface area (Å²) in [6.07, 6.45) is 2.03. The number of imidazole rings is 1. The topological polar surface area (TPSA) is 55.9 Å². The minimum absolute atomic E-state index is 0.133. The van der Waals surface area contributed by atoms with Gasteiger partial charge in [0.2, 0.25) is 0 Å². The number of nitrogens with one attached hydrogen (secondary N) is 1. The van der Waals surface area contributed by atoms with Gasteiger partial charge in [0.1, 0.15) is 18.3 Å². The standard InChI is InChI=1S/C25H30F4N4/c1-25(2,3)23(31-10-9-18(30)13-26)24-32-21(19-11-17(27)12-20(28)22(19)29)15-33(24)14-16-7-5-4-6-8-16/h4-8,11-12,15,18,23,31H,9-10,13-14,30H2,1-3H3/t18-,23-/m0/s1. The van der Waals surface area contributed by atoms with E-state index in [1.165, 1.54) is 0 Å². The molecule has 0 radical (unpaired) electrons. The number of hydrogen-bond donors (Lipinski definition) is 2. The highest BCUT2D eigenvalue weighted by Crippen LogP contribution is 2.35. The van der Waals surface area contributed by atoms with Crippen molar-refractivity contribution in [1.82, 2.24) is 14.9 Å². The van der Waals surface area contributed by atoms with E-state index in [2.05, 4.69) is 10.3 Å². The smallest absolute Gasteiger partial charge is 0.168 e. The minimum atomic E-state index is -1.27. The van der Waals surface area contributed by atoms with Gasteiger partial charge < -0.3 is 15.6 Å². The van der Waals surface area contributed by atoms with Crippen molar-refractivity contribution < 1.29 is 17.6 Å². The SMILES string of the molecule is CC(C)(C)[C@@H](NCC[C@H](N)CF)c1nc(-c2cc(F)cc(F)c2F)cn1Cc1ccccc1. The maximum absolute atomic E-state index is 14.5. The molecule has 0 fully saturated rings. The summed E-state index contributed by atoms with van der Waals surface area (Å²) in [5.74, 6) is -2.72. The monoisotopic (exact) mass is 462 g/mol. The highest BCUT2D eigenvalue weighted by atomic mass is 19.2. The molecule has 3 N–H and O–H groups in total. The second kappa shape index (κ2) is 10.5. The third kappa shape index (κ3) is 6.21. The molecule has 8 heteroatoms. The Balaban J connectivity index is 2.06. The first-order valence-corrected chi connectivity index (χ1v) is 10.9. The van der Waals surface area contributed by atoms with Crippen LogP contribution in [0.2, 0.25) is 0 Å². The molecule has 0 spiro atoms. The van der Waals surface area contributed by atoms with Crippen molar-refractivity contribution in [3.05, 3.63) is 77.5 Å². The van der Waals surface area contributed by atoms with Crippen molar-refractivity contribution in [1.29, 1.82) is 0 Å². The Bertz CT molecular complexity index is 1060. The molecule has 0 saturated carbocycles. The van der Waals surface area contributed by atoms with Crippen molar-refractivity contribution in [2.24, 2.45) is 11.1 Å². The molecule has 33 heavy (non-hydrogen) atoms. The predicted octanol–water partition coefficient (Wildman–Crippen LogP) is 5.38. The molecule has 1 aromatic heterocycles. The Hall–Kier alpha value is -2.71. The lowest BCUT2D eigenvalue weighted by Crippen LogP contribution is -2.37. The summed E-state index contributed by atoms with van der Waals surface area (Å²) in [6.45, 7) is 6.32. The van der Waals surface area contributed by atoms with Gasteiger partial charge in [-0.2, -0.15) is 0 Å². The number of halogens is 4. The van der Waals surface area contributed by atoms with Crippen LogP contribution in [0.4, 0.5) is 17.6 Å². The van der Waals surface area contributed by atoms with E-state index < -0.39 is 30.2 Å². The number of hydrogen-bond acceptors (Lipinski definition) is 3. The Morgan fingerprint density at radius 1 is 1.09 bits per heavy atom. The van der Waals surface area contributed by atoms with Crippen LogP contribution in [0.25, 0.3) is 11.3 Å². The van der Waals surface area contributed by atoms with Gasteiger partial charge >= 0.3 is 0 Å². The van der Waals surface area contributed by atoms with Gasteiger partial charge in [0.15, 0.2) is 11.6 Å². The molecule has 0 bridgehead atoms. The van der Waals surface area contributed by atoms with Crippen LogP contribution < -0.4 is 11.1 Å². The van der Waals surface area contributed by atoms with Crippen LogP contribution in [-0.4, -0.2) is 28.8 Å². The van der Waals surface area contributed by atoms with Gasteiger partial charge in [-0.05, 0) is 30.0 Å². The number of aromatic nitrogens is 2. The summed E-state index contributed by atoms with van der Waals surface area (Å²) in [6, 6.07) is 10.2. The molecule has 0 aliphatic heterocycles. The molecule has 4 nitrogen and oxygen atoms in total. The number of benzene rings is 2. The predicted molar refractivity (Wildman–Crippen MR) is 122 cm³/mol. The quantitative estimate of drug-likeness (QED) is 0.332. The second-order valence-electron chi connectivity index (χ2n) is 9.30. The molecule has 3 aromatic rings. The summed E-state index contributed by atoms with van der Waals surface area (Å²) < 4.78 is 57.0. The molecule has 2 aromatic carbocycles. The van der Waals surface area contributed by atoms with E-state index in [1.54, 1.807) is 6.20 Å². The first-order valence-electron chi connectivity index (χ1n) is 10.9. The summed E-state index contributed by atoms with van der Waals surface area (Å²) in [7, 11) is 0. The lowest BCUT2D eigenvalue weighted by Gasteiger charge is -2.32. The highest BCUT2D eigenvalue weighted by molar-refractivity contribution is 5.60. The molecule has 0 saturated heterocycles. The maximum Gasteiger partial charge on any atom is 0.168 e. The van der Waals surface area contributed by atoms with Gasteiger partial charge in [-0.15, -0.1) is 0 Å². The average Bonchev–Trinajstić information content (AvgIpc) is 3.16. The van der Waals surface area contributed by atoms with E-state index in [-0.39, 0.29) is 22.7 Å². The van der Waals surface area contributed by atoms with Crippen LogP contribution in [0, 0.1) is 22.9 Å². The fourth-order valence-electron chi connectivity index (χ4n) is 3.71. The molecule has 0 aliphatic carbocycles. The van der Waals surface area contributed by atoms with E-state index in [0.717, 1.165) is 11.6 Å². The van der Waals surface area contributed by atoms with Crippen LogP contribution in [0.3, 0.4) is 0 Å². The molecule has 0 aliphatic rings. The summed E-state index contributed by atoms with van der Waals surface area (Å²) >= 11 is 0. The summed E-state index contributed by atoms with van der Waals surface area (Å²) in [4.78, 5) is 4.63. The molecular formula is C25H30F4N4. The van der Waals surface area contributed by atoms with Gasteiger partial charge in [-0.25, -0.2) is 22.5 Å². The zero-order chi connectivity index (χ0) is 24.2. The van der Waals surface area contributed by atoms with Gasteiger partial charge in [0.05, 0.1) is 11.7 Å². The average molecular weight is 463 g/mol. The van der Waals surface area contributed by atoms with E-state index in [0.29, 0.717) is 31.4 Å². The Morgan fingerprint density at radius 2 is 1.79 bits per heavy atom. The van der Waals surface area contributed by atoms with Crippen molar-refractivity contribution in [2.45, 2.75) is 45.8 Å². The fraction of sp³-hybridized carbons (Fsp3) is 0.400. The molecule has 3 rings (SSSR count). The van der Waals surface area contributed by atoms with Crippen LogP contribution in [-0.2, 0) is 6.54 Å². The Kier molecular flexibility index (Phi) is 7.92. The van der Waals surface area contributed by atoms with Crippen LogP contribution in [0.5, 0.6) is 0 Å². The van der Waals surface area contributed by atoms with E-state index >= 15 is 0 Å². The molecule has 0 amide bonds. The zero-order valence-corrected chi connectivity index (χ0v) is 19.1. The summed E-state index contributed by atoms with van der Waals surface area (Å²) in [5.41, 5.74) is 6.26. The lowest BCUT2D eigenvalue weighted by molar-refractivity contribution is 0.252. The number of rotatable bonds is 9. The second-order valence-corrected chi connectivity index (χ2v) is 9.30. The lowest BCUT2D eigenvalue weighted by atomic mass is 9.86. The van der Waals surface area contributed by atoms with Crippen molar-refractivity contribution in [2.75, 3.05) is 13.2 Å². The largest absolute Gasteiger partial charge is 0.329 e. The third-order valence-electron chi connectivity index (χ3n) is 5.46. The van der Waals surface area contributed by atoms with Crippen LogP contribution in [0.1, 0.15) is 44.6 Å². The first-order chi connectivity index (χ1) is 15.6.